The first-order valence-corrected chi connectivity index (χ1v) is 33.1. The molecular formula is C50H68BBrN16O12S4. The minimum Gasteiger partial charge on any atom is -0.399 e. The molecule has 6 aromatic heterocycles. The zero-order valence-corrected chi connectivity index (χ0v) is 52.8. The Kier molecular flexibility index (Phi) is 19.1. The van der Waals surface area contributed by atoms with Crippen molar-refractivity contribution >= 4 is 126 Å². The fraction of sp³-hybridized carbons (Fsp3) is 0.560. The zero-order chi connectivity index (χ0) is 60.6. The van der Waals surface area contributed by atoms with Crippen molar-refractivity contribution in [2.45, 2.75) is 65.8 Å². The minimum absolute atomic E-state index is 0.00564. The Morgan fingerprint density at radius 1 is 0.619 bits per heavy atom. The van der Waals surface area contributed by atoms with E-state index in [2.05, 4.69) is 60.4 Å². The van der Waals surface area contributed by atoms with E-state index in [4.69, 9.17) is 35.2 Å². The lowest BCUT2D eigenvalue weighted by atomic mass is 9.81. The summed E-state index contributed by atoms with van der Waals surface area (Å²) in [5, 5.41) is 25.5. The van der Waals surface area contributed by atoms with Gasteiger partial charge in [0.1, 0.15) is 11.6 Å². The summed E-state index contributed by atoms with van der Waals surface area (Å²) in [5.74, 6) is 1.75. The molecule has 0 bridgehead atoms. The van der Waals surface area contributed by atoms with Crippen LogP contribution in [0.3, 0.4) is 0 Å². The number of halogens is 1. The molecule has 0 unspecified atom stereocenters. The molecule has 11 heterocycles. The molecule has 0 spiro atoms. The molecule has 0 aliphatic carbocycles. The van der Waals surface area contributed by atoms with E-state index in [0.717, 1.165) is 41.6 Å². The predicted octanol–water partition coefficient (Wildman–Crippen LogP) is 4.01. The molecular weight excluding hydrogens is 1240 g/mol. The number of thiophene rings is 2. The molecule has 11 rings (SSSR count). The number of hydrogen-bond donors (Lipinski definition) is 2. The molecule has 0 saturated carbocycles. The number of nitro groups is 2. The Morgan fingerprint density at radius 2 is 1.00 bits per heavy atom. The number of aryl methyl sites for hydroxylation is 2. The van der Waals surface area contributed by atoms with E-state index in [0.29, 0.717) is 140 Å². The molecule has 34 heteroatoms. The van der Waals surface area contributed by atoms with Crippen LogP contribution < -0.4 is 26.7 Å². The van der Waals surface area contributed by atoms with E-state index >= 15 is 0 Å². The number of pyridine rings is 2. The van der Waals surface area contributed by atoms with Crippen molar-refractivity contribution in [3.63, 3.8) is 0 Å². The van der Waals surface area contributed by atoms with Gasteiger partial charge in [0.2, 0.25) is 31.9 Å². The summed E-state index contributed by atoms with van der Waals surface area (Å²) in [5.41, 5.74) is 13.4. The fourth-order valence-corrected chi connectivity index (χ4v) is 15.1. The highest BCUT2D eigenvalue weighted by atomic mass is 79.9. The Balaban J connectivity index is 0.000000162. The van der Waals surface area contributed by atoms with E-state index in [9.17, 15) is 37.1 Å². The molecule has 454 valence electrons. The molecule has 5 aliphatic rings. The molecule has 5 saturated heterocycles. The number of rotatable bonds is 12. The van der Waals surface area contributed by atoms with Crippen LogP contribution in [-0.4, -0.2) is 211 Å². The largest absolute Gasteiger partial charge is 0.498 e. The Hall–Kier alpha value is -5.50. The standard InChI is InChI=1S/C22H28N8O5S2.C18H24BrN5O5S2.C10H16BN3O2/c1-14-16(13-27-3-5-29(6-4-27)37(2,33)34)36-20-17(14)19(30(31)32)18(15-11-24-22(23)25-12-15)26-21(20)28-7-9-35-10-8-28;1-12-13(11-21-3-5-23(6-4-21)31(2,27)28)30-16-14(12)15(24(25)26)17(19)20-18(16)22-7-9-29-10-8-22;1-9(2)10(3,4)16-11(15-9)7-5-13-8(12)14-6-7/h11-12H,3-10,13H2,1-2H3,(H2,23,24,25);3-11H2,1-2H3;5-6H,1-4H3,(H2,12,13,14). The maximum Gasteiger partial charge on any atom is 0.498 e. The first kappa shape index (κ1) is 63.0. The lowest BCUT2D eigenvalue weighted by Crippen LogP contribution is -2.47. The third-order valence-corrected chi connectivity index (χ3v) is 21.4. The van der Waals surface area contributed by atoms with Gasteiger partial charge in [0, 0.05) is 137 Å². The first-order chi connectivity index (χ1) is 39.6. The Labute approximate surface area is 503 Å². The number of hydrogen-bond acceptors (Lipinski definition) is 26. The third kappa shape index (κ3) is 13.8. The highest BCUT2D eigenvalue weighted by Gasteiger charge is 2.52. The van der Waals surface area contributed by atoms with Crippen LogP contribution in [0.1, 0.15) is 48.6 Å². The van der Waals surface area contributed by atoms with Gasteiger partial charge in [-0.05, 0) is 68.6 Å². The molecule has 6 aromatic rings. The molecule has 84 heavy (non-hydrogen) atoms. The molecule has 0 radical (unpaired) electrons. The second kappa shape index (κ2) is 25.5. The SMILES string of the molecule is CC1(C)OB(c2cnc(N)nc2)OC1(C)C.Cc1c(CN2CCN(S(C)(=O)=O)CC2)sc2c(N3CCOCC3)nc(-c3cnc(N)nc3)c([N+](=O)[O-])c12.Cc1c(CN2CCN(S(C)(=O)=O)CC2)sc2c(N3CCOCC3)nc(Br)c([N+](=O)[O-])c12. The first-order valence-electron chi connectivity index (χ1n) is 27.0. The summed E-state index contributed by atoms with van der Waals surface area (Å²) in [7, 11) is -6.83. The van der Waals surface area contributed by atoms with Gasteiger partial charge in [-0.25, -0.2) is 46.7 Å². The summed E-state index contributed by atoms with van der Waals surface area (Å²) < 4.78 is 74.8. The smallest absolute Gasteiger partial charge is 0.399 e. The lowest BCUT2D eigenvalue weighted by Gasteiger charge is -2.33. The van der Waals surface area contributed by atoms with Crippen molar-refractivity contribution in [3.05, 3.63) is 70.5 Å². The van der Waals surface area contributed by atoms with Crippen LogP contribution in [0, 0.1) is 34.1 Å². The van der Waals surface area contributed by atoms with Gasteiger partial charge >= 0.3 is 18.5 Å². The number of morpholine rings is 2. The molecule has 0 amide bonds. The summed E-state index contributed by atoms with van der Waals surface area (Å²) >= 11 is 6.37. The average Bonchev–Trinajstić information content (AvgIpc) is 3.98. The molecule has 0 atom stereocenters. The van der Waals surface area contributed by atoms with Gasteiger partial charge in [-0.3, -0.25) is 30.0 Å². The topological polar surface area (TPSA) is 340 Å². The molecule has 5 fully saturated rings. The summed E-state index contributed by atoms with van der Waals surface area (Å²) in [6.07, 6.45) is 8.62. The number of nitrogen functional groups attached to an aromatic ring is 2. The van der Waals surface area contributed by atoms with Gasteiger partial charge in [-0.15, -0.1) is 22.7 Å². The van der Waals surface area contributed by atoms with Crippen LogP contribution in [-0.2, 0) is 51.9 Å². The van der Waals surface area contributed by atoms with Crippen LogP contribution in [0.2, 0.25) is 0 Å². The highest BCUT2D eigenvalue weighted by molar-refractivity contribution is 9.10. The Bertz CT molecular complexity index is 3620. The number of anilines is 4. The van der Waals surface area contributed by atoms with Gasteiger partial charge in [-0.1, -0.05) is 0 Å². The van der Waals surface area contributed by atoms with E-state index in [1.807, 2.05) is 41.5 Å². The van der Waals surface area contributed by atoms with Crippen molar-refractivity contribution in [2.24, 2.45) is 0 Å². The van der Waals surface area contributed by atoms with Crippen molar-refractivity contribution in [1.29, 1.82) is 0 Å². The van der Waals surface area contributed by atoms with Crippen molar-refractivity contribution < 1.29 is 45.5 Å². The predicted molar refractivity (Wildman–Crippen MR) is 327 cm³/mol. The van der Waals surface area contributed by atoms with Crippen LogP contribution in [0.25, 0.3) is 31.4 Å². The number of fused-ring (bicyclic) bond motifs is 2. The summed E-state index contributed by atoms with van der Waals surface area (Å²) in [4.78, 5) is 59.4. The highest BCUT2D eigenvalue weighted by Crippen LogP contribution is 2.48. The average molecular weight is 1300 g/mol. The normalized spacial score (nSPS) is 19.3. The van der Waals surface area contributed by atoms with Crippen molar-refractivity contribution in [2.75, 3.05) is 139 Å². The molecule has 0 aromatic carbocycles. The number of ether oxygens (including phenoxy) is 2. The number of aromatic nitrogens is 6. The van der Waals surface area contributed by atoms with Crippen LogP contribution in [0.5, 0.6) is 0 Å². The fourth-order valence-electron chi connectivity index (χ4n) is 10.2. The summed E-state index contributed by atoms with van der Waals surface area (Å²) in [6.45, 7) is 22.1. The van der Waals surface area contributed by atoms with Gasteiger partial charge in [0.15, 0.2) is 10.3 Å². The van der Waals surface area contributed by atoms with Crippen LogP contribution in [0.15, 0.2) is 29.4 Å². The second-order valence-corrected chi connectivity index (χ2v) is 28.7. The van der Waals surface area contributed by atoms with Gasteiger partial charge in [0.25, 0.3) is 0 Å². The number of nitrogens with zero attached hydrogens (tertiary/aromatic N) is 14. The van der Waals surface area contributed by atoms with E-state index in [-0.39, 0.29) is 49.7 Å². The maximum atomic E-state index is 12.4. The van der Waals surface area contributed by atoms with Gasteiger partial charge in [0.05, 0.1) is 80.2 Å². The zero-order valence-electron chi connectivity index (χ0n) is 47.9. The van der Waals surface area contributed by atoms with E-state index < -0.39 is 32.1 Å². The lowest BCUT2D eigenvalue weighted by molar-refractivity contribution is -0.384. The van der Waals surface area contributed by atoms with Crippen LogP contribution in [0.4, 0.5) is 34.9 Å². The van der Waals surface area contributed by atoms with Crippen LogP contribution >= 0.6 is 38.6 Å². The van der Waals surface area contributed by atoms with Gasteiger partial charge < -0.3 is 40.0 Å². The Morgan fingerprint density at radius 3 is 1.39 bits per heavy atom. The molecule has 5 aliphatic heterocycles. The van der Waals surface area contributed by atoms with Crippen molar-refractivity contribution in [3.8, 4) is 11.3 Å². The molecule has 4 N–H and O–H groups in total. The number of piperazine rings is 2. The summed E-state index contributed by atoms with van der Waals surface area (Å²) in [6, 6.07) is 0. The third-order valence-electron chi connectivity index (χ3n) is 15.7. The van der Waals surface area contributed by atoms with E-state index in [1.54, 1.807) is 23.7 Å². The van der Waals surface area contributed by atoms with Crippen molar-refractivity contribution in [1.82, 2.24) is 48.3 Å². The van der Waals surface area contributed by atoms with Gasteiger partial charge in [-0.2, -0.15) is 8.61 Å². The number of nitrogens with two attached hydrogens (primary N) is 2. The number of sulfonamides is 2. The molecule has 28 nitrogen and oxygen atoms in total. The maximum absolute atomic E-state index is 12.4. The minimum atomic E-state index is -3.23. The monoisotopic (exact) mass is 1300 g/mol. The second-order valence-electron chi connectivity index (χ2n) is 21.8. The van der Waals surface area contributed by atoms with E-state index in [1.165, 1.54) is 44.9 Å². The quantitative estimate of drug-likeness (QED) is 0.0756.